The summed E-state index contributed by atoms with van der Waals surface area (Å²) < 4.78 is 5.95. The lowest BCUT2D eigenvalue weighted by Gasteiger charge is -2.26. The quantitative estimate of drug-likeness (QED) is 0.0833. The molecule has 5 atom stereocenters. The maximum atomic E-state index is 14.9. The average Bonchev–Trinajstić information content (AvgIpc) is 3.42. The lowest BCUT2D eigenvalue weighted by Crippen LogP contribution is -2.54. The zero-order valence-electron chi connectivity index (χ0n) is 40.4. The summed E-state index contributed by atoms with van der Waals surface area (Å²) in [4.78, 5) is 89.4. The van der Waals surface area contributed by atoms with E-state index in [-0.39, 0.29) is 57.3 Å². The van der Waals surface area contributed by atoms with Gasteiger partial charge in [-0.1, -0.05) is 152 Å². The summed E-state index contributed by atoms with van der Waals surface area (Å²) in [6.07, 6.45) is 3.77. The summed E-state index contributed by atoms with van der Waals surface area (Å²) in [5, 5.41) is 19.0. The van der Waals surface area contributed by atoms with Crippen LogP contribution < -0.4 is 20.7 Å². The number of amides is 3. The van der Waals surface area contributed by atoms with Gasteiger partial charge in [-0.3, -0.25) is 29.0 Å². The van der Waals surface area contributed by atoms with Crippen LogP contribution in [0.1, 0.15) is 47.1 Å². The Morgan fingerprint density at radius 1 is 0.575 bits per heavy atom. The fourth-order valence-electron chi connectivity index (χ4n) is 9.15. The Bertz CT molecular complexity index is 2950. The zero-order chi connectivity index (χ0) is 50.9. The third-order valence-corrected chi connectivity index (χ3v) is 13.2. The van der Waals surface area contributed by atoms with E-state index in [0.29, 0.717) is 23.3 Å². The van der Waals surface area contributed by atoms with Crippen LogP contribution in [0.25, 0.3) is 22.3 Å². The molecule has 6 aromatic carbocycles. The first-order chi connectivity index (χ1) is 35.5. The molecule has 0 unspecified atom stereocenters. The molecule has 0 fully saturated rings. The van der Waals surface area contributed by atoms with Crippen molar-refractivity contribution >= 4 is 35.3 Å². The normalized spacial score (nSPS) is 18.2. The first kappa shape index (κ1) is 50.9. The number of aromatic nitrogens is 1. The second kappa shape index (κ2) is 25.0. The van der Waals surface area contributed by atoms with E-state index in [1.165, 1.54) is 0 Å². The third kappa shape index (κ3) is 14.8. The maximum absolute atomic E-state index is 14.9. The number of benzene rings is 6. The summed E-state index contributed by atoms with van der Waals surface area (Å²) in [6.45, 7) is -0.331. The van der Waals surface area contributed by atoms with Gasteiger partial charge in [0, 0.05) is 49.9 Å². The molecule has 0 radical (unpaired) electrons. The van der Waals surface area contributed by atoms with Crippen molar-refractivity contribution in [2.75, 3.05) is 6.61 Å². The number of nitrogens with one attached hydrogen (secondary N) is 3. The predicted octanol–water partition coefficient (Wildman–Crippen LogP) is 8.40. The standard InChI is InChI=1S/C61H58N4O8/c66-52-38-50(34-43-16-23-48(24-17-43)49-30-32-62-33-31-49)58(68)64-55(36-45-18-25-47(26-19-45)46-14-8-3-9-15-46)60(70)63-54(29-22-41-10-4-1-5-11-41)57(67)39-51(35-44-20-27-53(28-21-44)73-40-52)59(69)65-56(61(71)72)37-42-12-6-2-7-13-42/h1-21,23-28,30-33,50-51,54-56H,22,29,34-40H2,(H,63,70)(H,64,68)(H,65,69)(H,71,72)/t50-,51-,54+,55-,56-/m1/s1. The van der Waals surface area contributed by atoms with E-state index in [9.17, 15) is 33.9 Å². The van der Waals surface area contributed by atoms with E-state index in [0.717, 1.165) is 38.9 Å². The molecule has 2 aliphatic rings. The molecule has 9 rings (SSSR count). The molecule has 2 bridgehead atoms. The number of Topliss-reactive ketones (excluding diaryl/α,β-unsaturated/α-hetero) is 2. The highest BCUT2D eigenvalue weighted by Gasteiger charge is 2.34. The molecule has 73 heavy (non-hydrogen) atoms. The average molecular weight is 975 g/mol. The Hall–Kier alpha value is -8.51. The summed E-state index contributed by atoms with van der Waals surface area (Å²) in [6, 6.07) is 50.7. The number of hydrogen-bond donors (Lipinski definition) is 4. The third-order valence-electron chi connectivity index (χ3n) is 13.2. The minimum absolute atomic E-state index is 0.0185. The van der Waals surface area contributed by atoms with Crippen molar-refractivity contribution in [1.29, 1.82) is 0 Å². The van der Waals surface area contributed by atoms with Gasteiger partial charge >= 0.3 is 5.97 Å². The van der Waals surface area contributed by atoms with Gasteiger partial charge in [-0.2, -0.15) is 0 Å². The minimum atomic E-state index is -1.29. The number of rotatable bonds is 14. The number of aryl methyl sites for hydroxylation is 1. The number of fused-ring (bicyclic) bond motifs is 16. The lowest BCUT2D eigenvalue weighted by atomic mass is 9.89. The molecule has 0 spiro atoms. The van der Waals surface area contributed by atoms with Crippen molar-refractivity contribution < 1.29 is 38.6 Å². The Kier molecular flexibility index (Phi) is 17.5. The predicted molar refractivity (Wildman–Crippen MR) is 279 cm³/mol. The van der Waals surface area contributed by atoms with Gasteiger partial charge in [0.25, 0.3) is 0 Å². The molecule has 0 aliphatic carbocycles. The van der Waals surface area contributed by atoms with Crippen LogP contribution in [0.15, 0.2) is 188 Å². The Labute approximate surface area is 425 Å². The molecule has 370 valence electrons. The van der Waals surface area contributed by atoms with Gasteiger partial charge in [0.1, 0.15) is 24.4 Å². The van der Waals surface area contributed by atoms with E-state index < -0.39 is 59.4 Å². The molecule has 3 heterocycles. The fraction of sp³-hybridized carbons (Fsp3) is 0.230. The SMILES string of the molecule is O=C1COc2ccc(cc2)C[C@@H](C(=O)N[C@H](Cc2ccccc2)C(=O)O)CC(=O)[C@H](CCc2ccccc2)NC(=O)[C@@H](Cc2ccc(-c3ccccc3)cc2)NC(=O)[C@H](Cc2ccc(-c3ccncc3)cc2)C1. The smallest absolute Gasteiger partial charge is 0.326 e. The molecule has 12 heteroatoms. The molecule has 7 aromatic rings. The second-order valence-electron chi connectivity index (χ2n) is 18.6. The van der Waals surface area contributed by atoms with Crippen LogP contribution in [0.4, 0.5) is 0 Å². The first-order valence-corrected chi connectivity index (χ1v) is 24.6. The number of carbonyl (C=O) groups is 6. The maximum Gasteiger partial charge on any atom is 0.326 e. The van der Waals surface area contributed by atoms with Crippen molar-refractivity contribution in [2.24, 2.45) is 11.8 Å². The van der Waals surface area contributed by atoms with Crippen molar-refractivity contribution in [3.63, 3.8) is 0 Å². The first-order valence-electron chi connectivity index (χ1n) is 24.6. The van der Waals surface area contributed by atoms with Crippen molar-refractivity contribution in [3.05, 3.63) is 216 Å². The molecule has 4 N–H and O–H groups in total. The number of carboxylic acids is 1. The van der Waals surface area contributed by atoms with Crippen molar-refractivity contribution in [1.82, 2.24) is 20.9 Å². The number of carboxylic acid groups (broad SMARTS) is 1. The molecule has 2 aliphatic heterocycles. The van der Waals surface area contributed by atoms with Gasteiger partial charge < -0.3 is 25.8 Å². The van der Waals surface area contributed by atoms with E-state index in [1.807, 2.05) is 127 Å². The van der Waals surface area contributed by atoms with Gasteiger partial charge in [0.15, 0.2) is 11.6 Å². The summed E-state index contributed by atoms with van der Waals surface area (Å²) >= 11 is 0. The van der Waals surface area contributed by atoms with Crippen LogP contribution in [0.2, 0.25) is 0 Å². The molecule has 0 saturated heterocycles. The number of hydrogen-bond acceptors (Lipinski definition) is 8. The van der Waals surface area contributed by atoms with E-state index in [2.05, 4.69) is 20.9 Å². The Morgan fingerprint density at radius 3 is 1.74 bits per heavy atom. The molecular formula is C61H58N4O8. The van der Waals surface area contributed by atoms with E-state index in [1.54, 1.807) is 60.9 Å². The minimum Gasteiger partial charge on any atom is -0.486 e. The molecule has 1 aromatic heterocycles. The van der Waals surface area contributed by atoms with E-state index >= 15 is 0 Å². The van der Waals surface area contributed by atoms with Gasteiger partial charge in [0.2, 0.25) is 17.7 Å². The fourth-order valence-corrected chi connectivity index (χ4v) is 9.15. The van der Waals surface area contributed by atoms with Crippen LogP contribution in [-0.4, -0.2) is 70.1 Å². The zero-order valence-corrected chi connectivity index (χ0v) is 40.4. The molecule has 0 saturated carbocycles. The van der Waals surface area contributed by atoms with Gasteiger partial charge in [0.05, 0.1) is 6.04 Å². The number of aliphatic carboxylic acids is 1. The number of pyridine rings is 1. The van der Waals surface area contributed by atoms with Gasteiger partial charge in [-0.15, -0.1) is 0 Å². The molecule has 3 amide bonds. The van der Waals surface area contributed by atoms with Crippen molar-refractivity contribution in [2.45, 2.75) is 69.5 Å². The van der Waals surface area contributed by atoms with Crippen LogP contribution in [0.5, 0.6) is 5.75 Å². The highest BCUT2D eigenvalue weighted by atomic mass is 16.5. The largest absolute Gasteiger partial charge is 0.486 e. The van der Waals surface area contributed by atoms with Crippen LogP contribution in [0.3, 0.4) is 0 Å². The lowest BCUT2D eigenvalue weighted by molar-refractivity contribution is -0.142. The summed E-state index contributed by atoms with van der Waals surface area (Å²) in [7, 11) is 0. The highest BCUT2D eigenvalue weighted by molar-refractivity contribution is 5.96. The van der Waals surface area contributed by atoms with Gasteiger partial charge in [-0.25, -0.2) is 4.79 Å². The highest BCUT2D eigenvalue weighted by Crippen LogP contribution is 2.25. The monoisotopic (exact) mass is 974 g/mol. The number of ketones is 2. The topological polar surface area (TPSA) is 181 Å². The van der Waals surface area contributed by atoms with Crippen molar-refractivity contribution in [3.8, 4) is 28.0 Å². The summed E-state index contributed by atoms with van der Waals surface area (Å²) in [5.74, 6) is -5.36. The number of nitrogens with zero attached hydrogens (tertiary/aromatic N) is 1. The number of ether oxygens (including phenoxy) is 1. The van der Waals surface area contributed by atoms with E-state index in [4.69, 9.17) is 4.74 Å². The Balaban J connectivity index is 1.12. The molecule has 12 nitrogen and oxygen atoms in total. The Morgan fingerprint density at radius 2 is 1.12 bits per heavy atom. The van der Waals surface area contributed by atoms with Crippen LogP contribution >= 0.6 is 0 Å². The van der Waals surface area contributed by atoms with Crippen LogP contribution in [0, 0.1) is 11.8 Å². The molecular weight excluding hydrogens is 917 g/mol. The van der Waals surface area contributed by atoms with Crippen LogP contribution in [-0.2, 0) is 60.9 Å². The number of carbonyl (C=O) groups excluding carboxylic acids is 5. The van der Waals surface area contributed by atoms with Gasteiger partial charge in [-0.05, 0) is 100 Å². The second-order valence-corrected chi connectivity index (χ2v) is 18.6. The summed E-state index contributed by atoms with van der Waals surface area (Å²) in [5.41, 5.74) is 7.74.